The molecule has 0 atom stereocenters. The van der Waals surface area contributed by atoms with Crippen molar-refractivity contribution in [3.05, 3.63) is 36.0 Å². The number of H-pyrrole nitrogens is 1. The molecule has 0 saturated carbocycles. The van der Waals surface area contributed by atoms with E-state index >= 15 is 0 Å². The molecule has 130 valence electrons. The van der Waals surface area contributed by atoms with Gasteiger partial charge in [-0.05, 0) is 25.0 Å². The highest BCUT2D eigenvalue weighted by molar-refractivity contribution is 5.98. The molecular weight excluding hydrogens is 302 g/mol. The first-order valence-electron chi connectivity index (χ1n) is 8.86. The van der Waals surface area contributed by atoms with Gasteiger partial charge in [-0.1, -0.05) is 32.0 Å². The van der Waals surface area contributed by atoms with Crippen molar-refractivity contribution in [2.24, 2.45) is 0 Å². The molecule has 1 saturated heterocycles. The van der Waals surface area contributed by atoms with Crippen molar-refractivity contribution in [2.75, 3.05) is 32.7 Å². The molecule has 0 aliphatic carbocycles. The van der Waals surface area contributed by atoms with Gasteiger partial charge in [0.05, 0.1) is 5.60 Å². The van der Waals surface area contributed by atoms with Gasteiger partial charge in [0.1, 0.15) is 5.69 Å². The van der Waals surface area contributed by atoms with E-state index in [1.165, 1.54) is 0 Å². The van der Waals surface area contributed by atoms with Crippen LogP contribution in [0.4, 0.5) is 0 Å². The lowest BCUT2D eigenvalue weighted by Gasteiger charge is -2.38. The fraction of sp³-hybridized carbons (Fsp3) is 0.526. The highest BCUT2D eigenvalue weighted by Gasteiger charge is 2.29. The van der Waals surface area contributed by atoms with Crippen molar-refractivity contribution in [3.8, 4) is 0 Å². The molecule has 1 aliphatic heterocycles. The maximum Gasteiger partial charge on any atom is 0.270 e. The first-order valence-corrected chi connectivity index (χ1v) is 8.86. The van der Waals surface area contributed by atoms with Crippen LogP contribution in [-0.4, -0.2) is 64.1 Å². The summed E-state index contributed by atoms with van der Waals surface area (Å²) in [6, 6.07) is 9.87. The molecule has 1 fully saturated rings. The Hall–Kier alpha value is -1.85. The lowest BCUT2D eigenvalue weighted by atomic mass is 9.96. The second-order valence-corrected chi connectivity index (χ2v) is 6.77. The number of carbonyl (C=O) groups excluding carboxylic acids is 1. The lowest BCUT2D eigenvalue weighted by molar-refractivity contribution is -0.0140. The second-order valence-electron chi connectivity index (χ2n) is 6.77. The van der Waals surface area contributed by atoms with Crippen LogP contribution in [-0.2, 0) is 0 Å². The monoisotopic (exact) mass is 329 g/mol. The Morgan fingerprint density at radius 1 is 1.17 bits per heavy atom. The van der Waals surface area contributed by atoms with E-state index in [9.17, 15) is 9.90 Å². The molecule has 1 aromatic carbocycles. The zero-order chi connectivity index (χ0) is 17.2. The van der Waals surface area contributed by atoms with Crippen LogP contribution in [0.25, 0.3) is 10.9 Å². The molecule has 24 heavy (non-hydrogen) atoms. The first-order chi connectivity index (χ1) is 11.5. The molecule has 1 aromatic heterocycles. The van der Waals surface area contributed by atoms with Gasteiger partial charge >= 0.3 is 0 Å². The summed E-state index contributed by atoms with van der Waals surface area (Å²) >= 11 is 0. The number of rotatable bonds is 5. The maximum absolute atomic E-state index is 12.7. The molecule has 0 radical (unpaired) electrons. The summed E-state index contributed by atoms with van der Waals surface area (Å²) < 4.78 is 0. The number of piperazine rings is 1. The molecule has 5 nitrogen and oxygen atoms in total. The Morgan fingerprint density at radius 2 is 1.83 bits per heavy atom. The Labute approximate surface area is 143 Å². The number of aromatic amines is 1. The van der Waals surface area contributed by atoms with Gasteiger partial charge in [-0.3, -0.25) is 9.69 Å². The maximum atomic E-state index is 12.7. The molecule has 3 rings (SSSR count). The number of nitrogens with one attached hydrogen (secondary N) is 1. The first kappa shape index (κ1) is 17.0. The number of hydrogen-bond donors (Lipinski definition) is 2. The summed E-state index contributed by atoms with van der Waals surface area (Å²) in [6.45, 7) is 7.78. The van der Waals surface area contributed by atoms with Gasteiger partial charge in [0.2, 0.25) is 0 Å². The summed E-state index contributed by atoms with van der Waals surface area (Å²) in [5.41, 5.74) is 1.04. The van der Waals surface area contributed by atoms with Crippen LogP contribution < -0.4 is 0 Å². The average molecular weight is 329 g/mol. The minimum atomic E-state index is -0.608. The Balaban J connectivity index is 1.61. The highest BCUT2D eigenvalue weighted by Crippen LogP contribution is 2.19. The Bertz CT molecular complexity index is 664. The van der Waals surface area contributed by atoms with E-state index in [0.717, 1.165) is 36.8 Å². The van der Waals surface area contributed by atoms with Gasteiger partial charge in [-0.2, -0.15) is 0 Å². The molecule has 2 N–H and O–H groups in total. The van der Waals surface area contributed by atoms with Crippen LogP contribution in [0.3, 0.4) is 0 Å². The van der Waals surface area contributed by atoms with Crippen molar-refractivity contribution >= 4 is 16.8 Å². The molecule has 1 aliphatic rings. The number of aromatic nitrogens is 1. The number of benzene rings is 1. The van der Waals surface area contributed by atoms with Crippen molar-refractivity contribution in [1.29, 1.82) is 0 Å². The van der Waals surface area contributed by atoms with E-state index in [2.05, 4.69) is 9.88 Å². The van der Waals surface area contributed by atoms with Crippen molar-refractivity contribution in [3.63, 3.8) is 0 Å². The number of carbonyl (C=O) groups is 1. The van der Waals surface area contributed by atoms with Crippen LogP contribution in [0.2, 0.25) is 0 Å². The van der Waals surface area contributed by atoms with E-state index in [1.54, 1.807) is 0 Å². The zero-order valence-electron chi connectivity index (χ0n) is 14.6. The highest BCUT2D eigenvalue weighted by atomic mass is 16.3. The average Bonchev–Trinajstić information content (AvgIpc) is 3.06. The van der Waals surface area contributed by atoms with E-state index in [1.807, 2.05) is 49.1 Å². The molecule has 5 heteroatoms. The number of nitrogens with zero attached hydrogens (tertiary/aromatic N) is 2. The molecule has 2 aromatic rings. The van der Waals surface area contributed by atoms with Crippen molar-refractivity contribution in [1.82, 2.24) is 14.8 Å². The third kappa shape index (κ3) is 3.47. The topological polar surface area (TPSA) is 59.6 Å². The number of para-hydroxylation sites is 1. The van der Waals surface area contributed by atoms with Crippen LogP contribution in [0.15, 0.2) is 30.3 Å². The number of fused-ring (bicyclic) bond motifs is 1. The molecule has 0 spiro atoms. The molecule has 0 unspecified atom stereocenters. The Kier molecular flexibility index (Phi) is 4.92. The fourth-order valence-corrected chi connectivity index (χ4v) is 3.36. The van der Waals surface area contributed by atoms with Crippen molar-refractivity contribution in [2.45, 2.75) is 32.3 Å². The minimum absolute atomic E-state index is 0.0621. The van der Waals surface area contributed by atoms with E-state index in [4.69, 9.17) is 0 Å². The van der Waals surface area contributed by atoms with Gasteiger partial charge in [-0.25, -0.2) is 0 Å². The lowest BCUT2D eigenvalue weighted by Crippen LogP contribution is -2.53. The van der Waals surface area contributed by atoms with Gasteiger partial charge < -0.3 is 15.0 Å². The number of aliphatic hydroxyl groups is 1. The SMILES string of the molecule is CCC(O)(CC)CN1CCN(C(=O)c2cc3ccccc3[nH]2)CC1. The molecular formula is C19H27N3O2. The van der Waals surface area contributed by atoms with E-state index in [0.29, 0.717) is 25.3 Å². The number of hydrogen-bond acceptors (Lipinski definition) is 3. The zero-order valence-corrected chi connectivity index (χ0v) is 14.6. The fourth-order valence-electron chi connectivity index (χ4n) is 3.36. The predicted octanol–water partition coefficient (Wildman–Crippen LogP) is 2.48. The third-order valence-corrected chi connectivity index (χ3v) is 5.25. The quantitative estimate of drug-likeness (QED) is 0.886. The van der Waals surface area contributed by atoms with E-state index in [-0.39, 0.29) is 5.91 Å². The molecule has 0 bridgehead atoms. The largest absolute Gasteiger partial charge is 0.389 e. The van der Waals surface area contributed by atoms with Crippen LogP contribution in [0, 0.1) is 0 Å². The van der Waals surface area contributed by atoms with E-state index < -0.39 is 5.60 Å². The predicted molar refractivity (Wildman–Crippen MR) is 96.2 cm³/mol. The van der Waals surface area contributed by atoms with Gasteiger partial charge in [0.15, 0.2) is 0 Å². The number of amides is 1. The van der Waals surface area contributed by atoms with Gasteiger partial charge in [0.25, 0.3) is 5.91 Å². The Morgan fingerprint density at radius 3 is 2.46 bits per heavy atom. The van der Waals surface area contributed by atoms with Crippen LogP contribution >= 0.6 is 0 Å². The van der Waals surface area contributed by atoms with Crippen molar-refractivity contribution < 1.29 is 9.90 Å². The summed E-state index contributed by atoms with van der Waals surface area (Å²) in [6.07, 6.45) is 1.52. The standard InChI is InChI=1S/C19H27N3O2/c1-3-19(24,4-2)14-21-9-11-22(12-10-21)18(23)17-13-15-7-5-6-8-16(15)20-17/h5-8,13,20,24H,3-4,9-12,14H2,1-2H3. The number of β-amino-alcohol motifs (C(OH)–C–C–N with tert-alkyl or cyclic N) is 1. The second kappa shape index (κ2) is 6.95. The van der Waals surface area contributed by atoms with Crippen LogP contribution in [0.1, 0.15) is 37.2 Å². The smallest absolute Gasteiger partial charge is 0.270 e. The minimum Gasteiger partial charge on any atom is -0.389 e. The molecule has 2 heterocycles. The summed E-state index contributed by atoms with van der Waals surface area (Å²) in [4.78, 5) is 20.1. The van der Waals surface area contributed by atoms with Gasteiger partial charge in [0, 0.05) is 43.6 Å². The summed E-state index contributed by atoms with van der Waals surface area (Å²) in [5, 5.41) is 11.6. The summed E-state index contributed by atoms with van der Waals surface area (Å²) in [7, 11) is 0. The third-order valence-electron chi connectivity index (χ3n) is 5.25. The summed E-state index contributed by atoms with van der Waals surface area (Å²) in [5.74, 6) is 0.0621. The van der Waals surface area contributed by atoms with Gasteiger partial charge in [-0.15, -0.1) is 0 Å². The normalized spacial score (nSPS) is 16.7. The van der Waals surface area contributed by atoms with Crippen LogP contribution in [0.5, 0.6) is 0 Å². The molecule has 1 amide bonds.